The molecule has 8 heteroatoms. The Morgan fingerprint density at radius 1 is 1.30 bits per heavy atom. The van der Waals surface area contributed by atoms with E-state index in [4.69, 9.17) is 5.73 Å². The van der Waals surface area contributed by atoms with Gasteiger partial charge in [-0.25, -0.2) is 14.6 Å². The maximum Gasteiger partial charge on any atom is 0.179 e. The van der Waals surface area contributed by atoms with Gasteiger partial charge in [-0.1, -0.05) is 5.21 Å². The predicted molar refractivity (Wildman–Crippen MR) is 75.2 cm³/mol. The molecule has 0 aromatic carbocycles. The standard InChI is InChI=1S/C12H16N8/c1-19(2)11-4-3-9-12(16-11)15-10(14-9)7-20-6-8(5-13)17-18-20/h3-4,6H,5,7,13H2,1-2H3,(H,14,15,16). The third kappa shape index (κ3) is 2.32. The van der Waals surface area contributed by atoms with Gasteiger partial charge in [0.15, 0.2) is 5.65 Å². The Labute approximate surface area is 115 Å². The van der Waals surface area contributed by atoms with Crippen LogP contribution in [0.15, 0.2) is 18.3 Å². The summed E-state index contributed by atoms with van der Waals surface area (Å²) >= 11 is 0. The fraction of sp³-hybridized carbons (Fsp3) is 0.333. The van der Waals surface area contributed by atoms with Crippen LogP contribution in [-0.2, 0) is 13.1 Å². The van der Waals surface area contributed by atoms with Gasteiger partial charge < -0.3 is 15.6 Å². The zero-order valence-electron chi connectivity index (χ0n) is 11.4. The maximum absolute atomic E-state index is 5.51. The number of nitrogens with one attached hydrogen (secondary N) is 1. The van der Waals surface area contributed by atoms with Crippen molar-refractivity contribution in [2.45, 2.75) is 13.1 Å². The number of aromatic amines is 1. The Morgan fingerprint density at radius 3 is 2.85 bits per heavy atom. The maximum atomic E-state index is 5.51. The fourth-order valence-corrected chi connectivity index (χ4v) is 1.92. The van der Waals surface area contributed by atoms with Crippen molar-refractivity contribution in [3.8, 4) is 0 Å². The Morgan fingerprint density at radius 2 is 2.15 bits per heavy atom. The number of imidazole rings is 1. The van der Waals surface area contributed by atoms with E-state index < -0.39 is 0 Å². The lowest BCUT2D eigenvalue weighted by Gasteiger charge is -2.09. The molecule has 0 aliphatic carbocycles. The summed E-state index contributed by atoms with van der Waals surface area (Å²) < 4.78 is 1.70. The summed E-state index contributed by atoms with van der Waals surface area (Å²) in [5, 5.41) is 7.94. The average molecular weight is 272 g/mol. The van der Waals surface area contributed by atoms with E-state index in [2.05, 4.69) is 25.3 Å². The molecular weight excluding hydrogens is 256 g/mol. The number of nitrogens with zero attached hydrogens (tertiary/aromatic N) is 6. The number of pyridine rings is 1. The minimum Gasteiger partial charge on any atom is -0.363 e. The highest BCUT2D eigenvalue weighted by atomic mass is 15.4. The number of hydrogen-bond acceptors (Lipinski definition) is 6. The highest BCUT2D eigenvalue weighted by molar-refractivity contribution is 5.73. The Hall–Kier alpha value is -2.48. The molecule has 0 aliphatic heterocycles. The van der Waals surface area contributed by atoms with E-state index in [0.29, 0.717) is 18.7 Å². The molecule has 0 spiro atoms. The molecular formula is C12H16N8. The van der Waals surface area contributed by atoms with Crippen molar-refractivity contribution in [3.05, 3.63) is 29.8 Å². The minimum atomic E-state index is 0.383. The predicted octanol–water partition coefficient (Wildman–Crippen LogP) is 0.122. The monoisotopic (exact) mass is 272 g/mol. The Kier molecular flexibility index (Phi) is 3.07. The first-order valence-electron chi connectivity index (χ1n) is 6.28. The molecule has 104 valence electrons. The molecule has 8 nitrogen and oxygen atoms in total. The van der Waals surface area contributed by atoms with Crippen LogP contribution in [-0.4, -0.2) is 44.0 Å². The van der Waals surface area contributed by atoms with Gasteiger partial charge in [0, 0.05) is 20.6 Å². The summed E-state index contributed by atoms with van der Waals surface area (Å²) in [7, 11) is 3.90. The molecule has 3 rings (SSSR count). The first-order valence-corrected chi connectivity index (χ1v) is 6.28. The normalized spacial score (nSPS) is 11.2. The molecule has 0 radical (unpaired) electrons. The van der Waals surface area contributed by atoms with Crippen molar-refractivity contribution in [3.63, 3.8) is 0 Å². The highest BCUT2D eigenvalue weighted by Gasteiger charge is 2.08. The second kappa shape index (κ2) is 4.89. The van der Waals surface area contributed by atoms with E-state index in [9.17, 15) is 0 Å². The molecule has 20 heavy (non-hydrogen) atoms. The summed E-state index contributed by atoms with van der Waals surface area (Å²) in [5.41, 5.74) is 7.87. The van der Waals surface area contributed by atoms with E-state index in [-0.39, 0.29) is 0 Å². The van der Waals surface area contributed by atoms with Gasteiger partial charge in [0.2, 0.25) is 0 Å². The number of H-pyrrole nitrogens is 1. The van der Waals surface area contributed by atoms with Gasteiger partial charge in [-0.05, 0) is 12.1 Å². The van der Waals surface area contributed by atoms with E-state index in [1.807, 2.05) is 37.3 Å². The van der Waals surface area contributed by atoms with Crippen LogP contribution in [0.1, 0.15) is 11.5 Å². The van der Waals surface area contributed by atoms with Gasteiger partial charge in [-0.15, -0.1) is 5.10 Å². The summed E-state index contributed by atoms with van der Waals surface area (Å²) in [6.45, 7) is 0.897. The zero-order chi connectivity index (χ0) is 14.1. The lowest BCUT2D eigenvalue weighted by Crippen LogP contribution is -2.10. The third-order valence-corrected chi connectivity index (χ3v) is 2.95. The Bertz CT molecular complexity index is 726. The molecule has 0 saturated carbocycles. The average Bonchev–Trinajstić information content (AvgIpc) is 3.03. The molecule has 0 bridgehead atoms. The van der Waals surface area contributed by atoms with Crippen molar-refractivity contribution in [2.75, 3.05) is 19.0 Å². The lowest BCUT2D eigenvalue weighted by molar-refractivity contribution is 0.630. The lowest BCUT2D eigenvalue weighted by atomic mass is 10.4. The van der Waals surface area contributed by atoms with E-state index >= 15 is 0 Å². The van der Waals surface area contributed by atoms with Gasteiger partial charge in [-0.3, -0.25) is 0 Å². The second-order valence-corrected chi connectivity index (χ2v) is 4.73. The van der Waals surface area contributed by atoms with Crippen molar-refractivity contribution in [1.82, 2.24) is 29.9 Å². The van der Waals surface area contributed by atoms with Gasteiger partial charge in [0.1, 0.15) is 18.2 Å². The van der Waals surface area contributed by atoms with Crippen LogP contribution in [0.2, 0.25) is 0 Å². The van der Waals surface area contributed by atoms with Crippen LogP contribution >= 0.6 is 0 Å². The zero-order valence-corrected chi connectivity index (χ0v) is 11.4. The minimum absolute atomic E-state index is 0.383. The van der Waals surface area contributed by atoms with E-state index in [1.165, 1.54) is 0 Å². The van der Waals surface area contributed by atoms with Crippen LogP contribution in [0, 0.1) is 0 Å². The smallest absolute Gasteiger partial charge is 0.179 e. The van der Waals surface area contributed by atoms with Gasteiger partial charge in [0.05, 0.1) is 17.4 Å². The number of aromatic nitrogens is 6. The molecule has 0 amide bonds. The highest BCUT2D eigenvalue weighted by Crippen LogP contribution is 2.15. The fourth-order valence-electron chi connectivity index (χ4n) is 1.92. The topological polar surface area (TPSA) is 102 Å². The van der Waals surface area contributed by atoms with Crippen LogP contribution < -0.4 is 10.6 Å². The van der Waals surface area contributed by atoms with Crippen molar-refractivity contribution in [2.24, 2.45) is 5.73 Å². The molecule has 0 atom stereocenters. The first kappa shape index (κ1) is 12.5. The molecule has 0 aliphatic rings. The molecule has 0 saturated heterocycles. The first-order chi connectivity index (χ1) is 9.65. The van der Waals surface area contributed by atoms with Gasteiger partial charge in [-0.2, -0.15) is 0 Å². The molecule has 3 heterocycles. The molecule has 3 aromatic heterocycles. The third-order valence-electron chi connectivity index (χ3n) is 2.95. The molecule has 3 N–H and O–H groups in total. The van der Waals surface area contributed by atoms with Gasteiger partial charge >= 0.3 is 0 Å². The van der Waals surface area contributed by atoms with Crippen LogP contribution in [0.3, 0.4) is 0 Å². The SMILES string of the molecule is CN(C)c1ccc2[nH]c(Cn3cc(CN)nn3)nc2n1. The quantitative estimate of drug-likeness (QED) is 0.699. The summed E-state index contributed by atoms with van der Waals surface area (Å²) in [4.78, 5) is 14.1. The number of rotatable bonds is 4. The number of nitrogens with two attached hydrogens (primary N) is 1. The van der Waals surface area contributed by atoms with Crippen LogP contribution in [0.5, 0.6) is 0 Å². The molecule has 0 fully saturated rings. The van der Waals surface area contributed by atoms with E-state index in [1.54, 1.807) is 4.68 Å². The van der Waals surface area contributed by atoms with Crippen LogP contribution in [0.25, 0.3) is 11.2 Å². The van der Waals surface area contributed by atoms with Crippen LogP contribution in [0.4, 0.5) is 5.82 Å². The largest absolute Gasteiger partial charge is 0.363 e. The summed E-state index contributed by atoms with van der Waals surface area (Å²) in [5.74, 6) is 1.67. The second-order valence-electron chi connectivity index (χ2n) is 4.73. The van der Waals surface area contributed by atoms with Crippen molar-refractivity contribution in [1.29, 1.82) is 0 Å². The van der Waals surface area contributed by atoms with Crippen molar-refractivity contribution >= 4 is 17.0 Å². The molecule has 3 aromatic rings. The summed E-state index contributed by atoms with van der Waals surface area (Å²) in [6, 6.07) is 3.92. The van der Waals surface area contributed by atoms with Crippen molar-refractivity contribution < 1.29 is 0 Å². The number of fused-ring (bicyclic) bond motifs is 1. The van der Waals surface area contributed by atoms with E-state index in [0.717, 1.165) is 22.9 Å². The number of hydrogen-bond donors (Lipinski definition) is 2. The Balaban J connectivity index is 1.88. The summed E-state index contributed by atoms with van der Waals surface area (Å²) in [6.07, 6.45) is 1.81. The molecule has 0 unspecified atom stereocenters. The number of anilines is 1. The van der Waals surface area contributed by atoms with Gasteiger partial charge in [0.25, 0.3) is 0 Å².